The van der Waals surface area contributed by atoms with E-state index in [0.717, 1.165) is 76.0 Å². The Labute approximate surface area is 219 Å². The van der Waals surface area contributed by atoms with Crippen molar-refractivity contribution in [3.63, 3.8) is 0 Å². The largest absolute Gasteiger partial charge is 0.369 e. The SMILES string of the molecule is CN1CCN(c2ccc(C(N)=O)c([C@@H](C(=O)N3C[C@@H](C4CC4)[C@H]4OCC(=O)[C@H]43)C3CCCCC3)c2)CC1. The molecule has 8 nitrogen and oxygen atoms in total. The molecule has 5 fully saturated rings. The second-order valence-electron chi connectivity index (χ2n) is 12.0. The zero-order valence-corrected chi connectivity index (χ0v) is 21.9. The van der Waals surface area contributed by atoms with Gasteiger partial charge in [-0.2, -0.15) is 0 Å². The van der Waals surface area contributed by atoms with E-state index < -0.39 is 17.9 Å². The van der Waals surface area contributed by atoms with E-state index in [0.29, 0.717) is 18.0 Å². The molecule has 5 aliphatic rings. The number of likely N-dealkylation sites (N-methyl/N-ethyl adjacent to an activating group) is 1. The Bertz CT molecular complexity index is 1060. The number of ether oxygens (including phenoxy) is 1. The van der Waals surface area contributed by atoms with Gasteiger partial charge in [0, 0.05) is 49.9 Å². The first-order valence-electron chi connectivity index (χ1n) is 14.2. The van der Waals surface area contributed by atoms with Crippen LogP contribution in [0.2, 0.25) is 0 Å². The predicted molar refractivity (Wildman–Crippen MR) is 140 cm³/mol. The van der Waals surface area contributed by atoms with Crippen molar-refractivity contribution in [3.8, 4) is 0 Å². The molecule has 1 aromatic rings. The van der Waals surface area contributed by atoms with Crippen LogP contribution in [0.25, 0.3) is 0 Å². The first-order valence-corrected chi connectivity index (χ1v) is 14.2. The third kappa shape index (κ3) is 4.67. The van der Waals surface area contributed by atoms with Gasteiger partial charge >= 0.3 is 0 Å². The van der Waals surface area contributed by atoms with Crippen molar-refractivity contribution in [2.45, 2.75) is 63.0 Å². The molecule has 2 N–H and O–H groups in total. The number of carbonyl (C=O) groups is 3. The summed E-state index contributed by atoms with van der Waals surface area (Å²) in [5.41, 5.74) is 8.12. The van der Waals surface area contributed by atoms with E-state index in [9.17, 15) is 14.4 Å². The number of hydrogen-bond donors (Lipinski definition) is 1. The van der Waals surface area contributed by atoms with Gasteiger partial charge < -0.3 is 25.2 Å². The highest BCUT2D eigenvalue weighted by Gasteiger charge is 2.57. The molecule has 3 aliphatic heterocycles. The quantitative estimate of drug-likeness (QED) is 0.634. The van der Waals surface area contributed by atoms with Crippen LogP contribution in [0, 0.1) is 17.8 Å². The fourth-order valence-electron chi connectivity index (χ4n) is 7.39. The Morgan fingerprint density at radius 1 is 1.03 bits per heavy atom. The number of piperazine rings is 1. The number of nitrogens with zero attached hydrogens (tertiary/aromatic N) is 3. The average Bonchev–Trinajstić information content (AvgIpc) is 3.57. The second-order valence-corrected chi connectivity index (χ2v) is 12.0. The molecule has 2 aliphatic carbocycles. The molecule has 3 saturated heterocycles. The number of benzene rings is 1. The molecule has 2 amide bonds. The smallest absolute Gasteiger partial charge is 0.249 e. The Morgan fingerprint density at radius 2 is 1.76 bits per heavy atom. The van der Waals surface area contributed by atoms with Gasteiger partial charge in [0.1, 0.15) is 12.6 Å². The van der Waals surface area contributed by atoms with E-state index in [2.05, 4.69) is 22.9 Å². The van der Waals surface area contributed by atoms with Gasteiger partial charge in [-0.1, -0.05) is 19.3 Å². The monoisotopic (exact) mass is 508 g/mol. The maximum absolute atomic E-state index is 14.6. The molecule has 0 aromatic heterocycles. The number of primary amides is 1. The van der Waals surface area contributed by atoms with Gasteiger partial charge in [0.2, 0.25) is 11.8 Å². The van der Waals surface area contributed by atoms with Crippen LogP contribution in [-0.4, -0.2) is 85.9 Å². The number of carbonyl (C=O) groups excluding carboxylic acids is 3. The van der Waals surface area contributed by atoms with Gasteiger partial charge in [0.25, 0.3) is 0 Å². The van der Waals surface area contributed by atoms with Gasteiger partial charge in [-0.25, -0.2) is 0 Å². The number of Topliss-reactive ketones (excluding diaryl/α,β-unsaturated/α-hetero) is 1. The topological polar surface area (TPSA) is 96.2 Å². The van der Waals surface area contributed by atoms with Gasteiger partial charge in [-0.05, 0) is 68.3 Å². The molecule has 2 saturated carbocycles. The lowest BCUT2D eigenvalue weighted by atomic mass is 9.74. The Kier molecular flexibility index (Phi) is 6.74. The van der Waals surface area contributed by atoms with Crippen molar-refractivity contribution >= 4 is 23.3 Å². The molecule has 1 aromatic carbocycles. The summed E-state index contributed by atoms with van der Waals surface area (Å²) in [4.78, 5) is 46.7. The predicted octanol–water partition coefficient (Wildman–Crippen LogP) is 2.41. The summed E-state index contributed by atoms with van der Waals surface area (Å²) in [6.07, 6.45) is 7.36. The van der Waals surface area contributed by atoms with Crippen LogP contribution < -0.4 is 10.6 Å². The fraction of sp³-hybridized carbons (Fsp3) is 0.690. The molecular formula is C29H40N4O4. The molecular weight excluding hydrogens is 468 g/mol. The summed E-state index contributed by atoms with van der Waals surface area (Å²) in [6.45, 7) is 4.43. The minimum atomic E-state index is -0.496. The number of fused-ring (bicyclic) bond motifs is 1. The molecule has 0 bridgehead atoms. The Morgan fingerprint density at radius 3 is 2.43 bits per heavy atom. The number of anilines is 1. The Balaban J connectivity index is 1.38. The highest BCUT2D eigenvalue weighted by molar-refractivity contribution is 5.99. The molecule has 4 atom stereocenters. The summed E-state index contributed by atoms with van der Waals surface area (Å²) in [5.74, 6) is -0.0398. The highest BCUT2D eigenvalue weighted by atomic mass is 16.5. The molecule has 6 rings (SSSR count). The normalized spacial score (nSPS) is 30.0. The van der Waals surface area contributed by atoms with Crippen molar-refractivity contribution in [2.24, 2.45) is 23.5 Å². The Hall–Kier alpha value is -2.45. The lowest BCUT2D eigenvalue weighted by Crippen LogP contribution is -2.46. The minimum absolute atomic E-state index is 0.0121. The van der Waals surface area contributed by atoms with Crippen molar-refractivity contribution < 1.29 is 19.1 Å². The van der Waals surface area contributed by atoms with E-state index in [1.165, 1.54) is 6.42 Å². The molecule has 0 radical (unpaired) electrons. The van der Waals surface area contributed by atoms with Crippen LogP contribution in [0.4, 0.5) is 5.69 Å². The first-order chi connectivity index (χ1) is 17.9. The maximum atomic E-state index is 14.6. The third-order valence-electron chi connectivity index (χ3n) is 9.63. The van der Waals surface area contributed by atoms with E-state index in [1.54, 1.807) is 0 Å². The number of rotatable bonds is 6. The van der Waals surface area contributed by atoms with Gasteiger partial charge in [-0.3, -0.25) is 14.4 Å². The zero-order valence-electron chi connectivity index (χ0n) is 21.9. The number of ketones is 1. The van der Waals surface area contributed by atoms with Crippen molar-refractivity contribution in [2.75, 3.05) is 51.3 Å². The summed E-state index contributed by atoms with van der Waals surface area (Å²) in [6, 6.07) is 5.36. The zero-order chi connectivity index (χ0) is 25.7. The molecule has 37 heavy (non-hydrogen) atoms. The first kappa shape index (κ1) is 24.9. The van der Waals surface area contributed by atoms with E-state index in [4.69, 9.17) is 10.5 Å². The number of nitrogens with two attached hydrogens (primary N) is 1. The van der Waals surface area contributed by atoms with Gasteiger partial charge in [-0.15, -0.1) is 0 Å². The molecule has 0 unspecified atom stereocenters. The van der Waals surface area contributed by atoms with Crippen LogP contribution in [0.5, 0.6) is 0 Å². The van der Waals surface area contributed by atoms with Crippen LogP contribution in [0.3, 0.4) is 0 Å². The molecule has 0 spiro atoms. The van der Waals surface area contributed by atoms with E-state index in [1.807, 2.05) is 17.0 Å². The standard InChI is InChI=1S/C29H40N4O4/c1-31-11-13-32(14-12-31)20-9-10-21(28(30)35)22(15-20)25(19-5-3-2-4-6-19)29(36)33-16-23(18-7-8-18)27-26(33)24(34)17-37-27/h9-10,15,18-19,23,25-27H,2-8,11-14,16-17H2,1H3,(H2,30,35)/t23-,25-,26+,27+/m0/s1. The van der Waals surface area contributed by atoms with Crippen LogP contribution in [0.1, 0.15) is 66.8 Å². The second kappa shape index (κ2) is 10.0. The lowest BCUT2D eigenvalue weighted by Gasteiger charge is -2.37. The number of hydrogen-bond acceptors (Lipinski definition) is 6. The number of amides is 2. The third-order valence-corrected chi connectivity index (χ3v) is 9.63. The minimum Gasteiger partial charge on any atom is -0.369 e. The summed E-state index contributed by atoms with van der Waals surface area (Å²) >= 11 is 0. The average molecular weight is 509 g/mol. The summed E-state index contributed by atoms with van der Waals surface area (Å²) in [5, 5.41) is 0. The van der Waals surface area contributed by atoms with Crippen LogP contribution in [0.15, 0.2) is 18.2 Å². The fourth-order valence-corrected chi connectivity index (χ4v) is 7.39. The highest BCUT2D eigenvalue weighted by Crippen LogP contribution is 2.48. The van der Waals surface area contributed by atoms with Gasteiger partial charge in [0.05, 0.1) is 12.0 Å². The lowest BCUT2D eigenvalue weighted by molar-refractivity contribution is -0.139. The summed E-state index contributed by atoms with van der Waals surface area (Å²) in [7, 11) is 2.13. The number of likely N-dealkylation sites (tertiary alicyclic amines) is 1. The van der Waals surface area contributed by atoms with Crippen molar-refractivity contribution in [1.82, 2.24) is 9.80 Å². The van der Waals surface area contributed by atoms with E-state index in [-0.39, 0.29) is 36.2 Å². The maximum Gasteiger partial charge on any atom is 0.249 e. The van der Waals surface area contributed by atoms with E-state index >= 15 is 0 Å². The van der Waals surface area contributed by atoms with Crippen LogP contribution in [-0.2, 0) is 14.3 Å². The molecule has 3 heterocycles. The van der Waals surface area contributed by atoms with Gasteiger partial charge in [0.15, 0.2) is 5.78 Å². The van der Waals surface area contributed by atoms with Crippen molar-refractivity contribution in [3.05, 3.63) is 29.3 Å². The van der Waals surface area contributed by atoms with Crippen molar-refractivity contribution in [1.29, 1.82) is 0 Å². The molecule has 200 valence electrons. The molecule has 8 heteroatoms. The summed E-state index contributed by atoms with van der Waals surface area (Å²) < 4.78 is 5.96. The van der Waals surface area contributed by atoms with Crippen LogP contribution >= 0.6 is 0 Å².